The number of amides is 1. The SMILES string of the molecule is COc1ccc(Br)cc1C1C(C(=O)OC(C)C)=C(C)N=C2SC(C)C(=O)N21. The van der Waals surface area contributed by atoms with Crippen molar-refractivity contribution in [3.63, 3.8) is 0 Å². The highest BCUT2D eigenvalue weighted by molar-refractivity contribution is 9.10. The molecule has 3 rings (SSSR count). The molecular weight excluding hydrogens is 432 g/mol. The van der Waals surface area contributed by atoms with Crippen LogP contribution in [0.2, 0.25) is 0 Å². The third kappa shape index (κ3) is 3.65. The molecule has 1 amide bonds. The number of methoxy groups -OCH3 is 1. The number of ether oxygens (including phenoxy) is 2. The topological polar surface area (TPSA) is 68.2 Å². The molecule has 1 saturated heterocycles. The summed E-state index contributed by atoms with van der Waals surface area (Å²) in [4.78, 5) is 31.9. The van der Waals surface area contributed by atoms with Gasteiger partial charge in [0, 0.05) is 10.0 Å². The van der Waals surface area contributed by atoms with Crippen molar-refractivity contribution in [3.05, 3.63) is 39.5 Å². The summed E-state index contributed by atoms with van der Waals surface area (Å²) in [5.74, 6) is 0.0206. The van der Waals surface area contributed by atoms with Crippen molar-refractivity contribution < 1.29 is 19.1 Å². The molecule has 1 aromatic carbocycles. The summed E-state index contributed by atoms with van der Waals surface area (Å²) >= 11 is 4.87. The fourth-order valence-corrected chi connectivity index (χ4v) is 4.56. The second kappa shape index (κ2) is 7.67. The Morgan fingerprint density at radius 1 is 1.37 bits per heavy atom. The Hall–Kier alpha value is -1.80. The van der Waals surface area contributed by atoms with Crippen LogP contribution in [0.5, 0.6) is 5.75 Å². The first kappa shape index (κ1) is 19.9. The van der Waals surface area contributed by atoms with E-state index in [4.69, 9.17) is 9.47 Å². The third-order valence-electron chi connectivity index (χ3n) is 4.31. The van der Waals surface area contributed by atoms with Crippen LogP contribution in [0.3, 0.4) is 0 Å². The van der Waals surface area contributed by atoms with E-state index in [9.17, 15) is 9.59 Å². The molecule has 2 aliphatic heterocycles. The Bertz CT molecular complexity index is 865. The van der Waals surface area contributed by atoms with Gasteiger partial charge in [-0.05, 0) is 45.9 Å². The lowest BCUT2D eigenvalue weighted by Crippen LogP contribution is -2.41. The summed E-state index contributed by atoms with van der Waals surface area (Å²) < 4.78 is 11.8. The van der Waals surface area contributed by atoms with Crippen molar-refractivity contribution in [1.29, 1.82) is 0 Å². The molecule has 0 saturated carbocycles. The Kier molecular flexibility index (Phi) is 5.67. The minimum atomic E-state index is -0.652. The Balaban J connectivity index is 2.21. The predicted molar refractivity (Wildman–Crippen MR) is 109 cm³/mol. The summed E-state index contributed by atoms with van der Waals surface area (Å²) in [6.45, 7) is 7.19. The number of nitrogens with zero attached hydrogens (tertiary/aromatic N) is 2. The number of fused-ring (bicyclic) bond motifs is 1. The van der Waals surface area contributed by atoms with Crippen LogP contribution in [0.25, 0.3) is 0 Å². The average Bonchev–Trinajstić information content (AvgIpc) is 2.86. The number of thioether (sulfide) groups is 1. The minimum absolute atomic E-state index is 0.0897. The van der Waals surface area contributed by atoms with Crippen LogP contribution in [-0.2, 0) is 14.3 Å². The van der Waals surface area contributed by atoms with Gasteiger partial charge in [-0.2, -0.15) is 0 Å². The van der Waals surface area contributed by atoms with Crippen LogP contribution in [0, 0.1) is 0 Å². The first-order chi connectivity index (χ1) is 12.7. The van der Waals surface area contributed by atoms with E-state index >= 15 is 0 Å². The first-order valence-electron chi connectivity index (χ1n) is 8.58. The van der Waals surface area contributed by atoms with Gasteiger partial charge in [0.15, 0.2) is 5.17 Å². The van der Waals surface area contributed by atoms with E-state index in [1.807, 2.05) is 25.1 Å². The number of benzene rings is 1. The number of allylic oxidation sites excluding steroid dienone is 1. The maximum absolute atomic E-state index is 12.9. The number of rotatable bonds is 4. The lowest BCUT2D eigenvalue weighted by atomic mass is 9.93. The van der Waals surface area contributed by atoms with Crippen molar-refractivity contribution in [2.45, 2.75) is 45.1 Å². The number of amidine groups is 1. The molecule has 0 radical (unpaired) electrons. The van der Waals surface area contributed by atoms with E-state index in [2.05, 4.69) is 20.9 Å². The molecule has 6 nitrogen and oxygen atoms in total. The number of carbonyl (C=O) groups is 2. The van der Waals surface area contributed by atoms with E-state index in [0.29, 0.717) is 27.8 Å². The summed E-state index contributed by atoms with van der Waals surface area (Å²) in [6.07, 6.45) is -0.282. The molecule has 2 heterocycles. The Morgan fingerprint density at radius 2 is 2.07 bits per heavy atom. The summed E-state index contributed by atoms with van der Waals surface area (Å²) in [5.41, 5.74) is 1.61. The van der Waals surface area contributed by atoms with Gasteiger partial charge in [0.25, 0.3) is 0 Å². The van der Waals surface area contributed by atoms with Crippen LogP contribution in [-0.4, -0.2) is 40.4 Å². The molecule has 144 valence electrons. The van der Waals surface area contributed by atoms with Gasteiger partial charge in [0.1, 0.15) is 11.8 Å². The Labute approximate surface area is 171 Å². The molecule has 2 aliphatic rings. The van der Waals surface area contributed by atoms with Crippen molar-refractivity contribution in [3.8, 4) is 5.75 Å². The number of carbonyl (C=O) groups excluding carboxylic acids is 2. The number of esters is 1. The normalized spacial score (nSPS) is 22.1. The van der Waals surface area contributed by atoms with E-state index in [1.54, 1.807) is 32.8 Å². The molecule has 1 fully saturated rings. The van der Waals surface area contributed by atoms with E-state index < -0.39 is 12.0 Å². The molecule has 0 bridgehead atoms. The molecule has 1 aromatic rings. The van der Waals surface area contributed by atoms with Gasteiger partial charge < -0.3 is 9.47 Å². The van der Waals surface area contributed by atoms with Crippen LogP contribution in [0.1, 0.15) is 39.3 Å². The van der Waals surface area contributed by atoms with Crippen LogP contribution >= 0.6 is 27.7 Å². The fourth-order valence-electron chi connectivity index (χ4n) is 3.15. The summed E-state index contributed by atoms with van der Waals surface area (Å²) in [6, 6.07) is 4.87. The number of halogens is 1. The third-order valence-corrected chi connectivity index (χ3v) is 5.85. The molecule has 8 heteroatoms. The quantitative estimate of drug-likeness (QED) is 0.644. The number of hydrogen-bond donors (Lipinski definition) is 0. The van der Waals surface area contributed by atoms with Crippen molar-refractivity contribution in [2.75, 3.05) is 7.11 Å². The molecule has 0 N–H and O–H groups in total. The van der Waals surface area contributed by atoms with Crippen LogP contribution in [0.15, 0.2) is 38.9 Å². The van der Waals surface area contributed by atoms with Crippen molar-refractivity contribution in [1.82, 2.24) is 4.90 Å². The molecule has 27 heavy (non-hydrogen) atoms. The molecule has 2 atom stereocenters. The maximum atomic E-state index is 12.9. The van der Waals surface area contributed by atoms with Crippen molar-refractivity contribution in [2.24, 2.45) is 4.99 Å². The zero-order valence-corrected chi connectivity index (χ0v) is 18.2. The zero-order chi connectivity index (χ0) is 19.9. The van der Waals surface area contributed by atoms with E-state index in [0.717, 1.165) is 4.47 Å². The molecular formula is C19H21BrN2O4S. The van der Waals surface area contributed by atoms with E-state index in [-0.39, 0.29) is 17.3 Å². The van der Waals surface area contributed by atoms with Crippen LogP contribution < -0.4 is 4.74 Å². The summed E-state index contributed by atoms with van der Waals surface area (Å²) in [7, 11) is 1.57. The zero-order valence-electron chi connectivity index (χ0n) is 15.8. The summed E-state index contributed by atoms with van der Waals surface area (Å²) in [5, 5.41) is 0.329. The highest BCUT2D eigenvalue weighted by Gasteiger charge is 2.47. The average molecular weight is 453 g/mol. The Morgan fingerprint density at radius 3 is 2.70 bits per heavy atom. The van der Waals surface area contributed by atoms with Gasteiger partial charge in [-0.25, -0.2) is 9.79 Å². The van der Waals surface area contributed by atoms with E-state index in [1.165, 1.54) is 11.8 Å². The lowest BCUT2D eigenvalue weighted by molar-refractivity contribution is -0.143. The standard InChI is InChI=1S/C19H21BrN2O4S/c1-9(2)26-18(24)15-10(3)21-19-22(17(23)11(4)27-19)16(15)13-8-12(20)6-7-14(13)25-5/h6-9,11,16H,1-5H3. The van der Waals surface area contributed by atoms with Gasteiger partial charge in [0.2, 0.25) is 5.91 Å². The highest BCUT2D eigenvalue weighted by Crippen LogP contribution is 2.46. The fraction of sp³-hybridized carbons (Fsp3) is 0.421. The second-order valence-electron chi connectivity index (χ2n) is 6.60. The van der Waals surface area contributed by atoms with Crippen molar-refractivity contribution >= 4 is 44.7 Å². The minimum Gasteiger partial charge on any atom is -0.496 e. The molecule has 0 aromatic heterocycles. The molecule has 0 spiro atoms. The predicted octanol–water partition coefficient (Wildman–Crippen LogP) is 4.06. The van der Waals surface area contributed by atoms with Gasteiger partial charge >= 0.3 is 5.97 Å². The number of hydrogen-bond acceptors (Lipinski definition) is 6. The monoisotopic (exact) mass is 452 g/mol. The molecule has 0 aliphatic carbocycles. The highest BCUT2D eigenvalue weighted by atomic mass is 79.9. The largest absolute Gasteiger partial charge is 0.496 e. The smallest absolute Gasteiger partial charge is 0.338 e. The number of aliphatic imine (C=N–C) groups is 1. The first-order valence-corrected chi connectivity index (χ1v) is 10.3. The van der Waals surface area contributed by atoms with Gasteiger partial charge in [-0.3, -0.25) is 9.69 Å². The maximum Gasteiger partial charge on any atom is 0.338 e. The molecule has 2 unspecified atom stereocenters. The van der Waals surface area contributed by atoms with Gasteiger partial charge in [-0.1, -0.05) is 27.7 Å². The lowest BCUT2D eigenvalue weighted by Gasteiger charge is -2.34. The van der Waals surface area contributed by atoms with Crippen LogP contribution in [0.4, 0.5) is 0 Å². The van der Waals surface area contributed by atoms with Gasteiger partial charge in [0.05, 0.1) is 29.7 Å². The second-order valence-corrected chi connectivity index (χ2v) is 8.83. The van der Waals surface area contributed by atoms with Gasteiger partial charge in [-0.15, -0.1) is 0 Å².